The standard InChI is InChI=1S/C23H30O8S2/c1-18-6-10-20(11-7-18)32(24,25)30-16-14-28-22-4-3-5-23(22)29-15-17-31-33(26,27)21-12-8-19(2)9-13-21/h6-13,22-23H,3-5,14-17H2,1-2H3/t22-,23+. The van der Waals surface area contributed by atoms with E-state index < -0.39 is 20.2 Å². The fourth-order valence-electron chi connectivity index (χ4n) is 3.51. The normalized spacial score (nSPS) is 19.1. The van der Waals surface area contributed by atoms with Crippen molar-refractivity contribution in [1.29, 1.82) is 0 Å². The van der Waals surface area contributed by atoms with Gasteiger partial charge in [-0.25, -0.2) is 0 Å². The molecule has 0 amide bonds. The Bertz CT molecular complexity index is 1000. The number of hydrogen-bond donors (Lipinski definition) is 0. The first-order valence-corrected chi connectivity index (χ1v) is 13.6. The van der Waals surface area contributed by atoms with E-state index in [1.54, 1.807) is 24.3 Å². The number of ether oxygens (including phenoxy) is 2. The monoisotopic (exact) mass is 498 g/mol. The highest BCUT2D eigenvalue weighted by molar-refractivity contribution is 7.87. The van der Waals surface area contributed by atoms with E-state index in [-0.39, 0.29) is 48.4 Å². The van der Waals surface area contributed by atoms with Crippen molar-refractivity contribution in [1.82, 2.24) is 0 Å². The first-order valence-electron chi connectivity index (χ1n) is 10.8. The van der Waals surface area contributed by atoms with Gasteiger partial charge in [0.2, 0.25) is 0 Å². The summed E-state index contributed by atoms with van der Waals surface area (Å²) in [7, 11) is -7.66. The fourth-order valence-corrected chi connectivity index (χ4v) is 5.29. The van der Waals surface area contributed by atoms with E-state index in [2.05, 4.69) is 0 Å². The van der Waals surface area contributed by atoms with Gasteiger partial charge in [-0.05, 0) is 57.4 Å². The van der Waals surface area contributed by atoms with E-state index in [1.165, 1.54) is 24.3 Å². The van der Waals surface area contributed by atoms with Crippen LogP contribution in [0.4, 0.5) is 0 Å². The summed E-state index contributed by atoms with van der Waals surface area (Å²) in [5, 5.41) is 0. The highest BCUT2D eigenvalue weighted by atomic mass is 32.2. The van der Waals surface area contributed by atoms with Crippen LogP contribution < -0.4 is 0 Å². The van der Waals surface area contributed by atoms with Crippen LogP contribution in [0.5, 0.6) is 0 Å². The van der Waals surface area contributed by atoms with Gasteiger partial charge in [0.15, 0.2) is 0 Å². The second kappa shape index (κ2) is 11.5. The molecule has 0 aromatic heterocycles. The molecule has 182 valence electrons. The van der Waals surface area contributed by atoms with Crippen LogP contribution in [0.1, 0.15) is 30.4 Å². The van der Waals surface area contributed by atoms with E-state index in [1.807, 2.05) is 13.8 Å². The molecule has 0 unspecified atom stereocenters. The Morgan fingerprint density at radius 2 is 1.00 bits per heavy atom. The smallest absolute Gasteiger partial charge is 0.297 e. The lowest BCUT2D eigenvalue weighted by Gasteiger charge is -2.20. The molecular formula is C23H30O8S2. The van der Waals surface area contributed by atoms with Crippen molar-refractivity contribution in [2.24, 2.45) is 0 Å². The Kier molecular flexibility index (Phi) is 9.02. The summed E-state index contributed by atoms with van der Waals surface area (Å²) in [5.74, 6) is 0. The third-order valence-electron chi connectivity index (χ3n) is 5.32. The summed E-state index contributed by atoms with van der Waals surface area (Å²) < 4.78 is 70.5. The second-order valence-corrected chi connectivity index (χ2v) is 11.2. The summed E-state index contributed by atoms with van der Waals surface area (Å²) in [6, 6.07) is 12.9. The van der Waals surface area contributed by atoms with Crippen LogP contribution in [0.15, 0.2) is 58.3 Å². The largest absolute Gasteiger partial charge is 0.373 e. The SMILES string of the molecule is Cc1ccc(S(=O)(=O)OCCO[C@H]2CCC[C@H]2OCCOS(=O)(=O)c2ccc(C)cc2)cc1. The maximum atomic E-state index is 12.2. The van der Waals surface area contributed by atoms with Crippen LogP contribution >= 0.6 is 0 Å². The molecule has 1 aliphatic rings. The van der Waals surface area contributed by atoms with Crippen molar-refractivity contribution in [2.75, 3.05) is 26.4 Å². The lowest BCUT2D eigenvalue weighted by Crippen LogP contribution is -2.29. The van der Waals surface area contributed by atoms with E-state index in [0.717, 1.165) is 30.4 Å². The number of aryl methyl sites for hydroxylation is 2. The molecule has 33 heavy (non-hydrogen) atoms. The molecule has 0 aliphatic heterocycles. The van der Waals surface area contributed by atoms with Crippen LogP contribution in [0.25, 0.3) is 0 Å². The zero-order valence-electron chi connectivity index (χ0n) is 18.8. The van der Waals surface area contributed by atoms with Crippen molar-refractivity contribution in [3.63, 3.8) is 0 Å². The van der Waals surface area contributed by atoms with Crippen molar-refractivity contribution in [3.05, 3.63) is 59.7 Å². The number of benzene rings is 2. The molecule has 1 fully saturated rings. The van der Waals surface area contributed by atoms with Gasteiger partial charge >= 0.3 is 0 Å². The Morgan fingerprint density at radius 1 is 0.636 bits per heavy atom. The van der Waals surface area contributed by atoms with Crippen molar-refractivity contribution in [2.45, 2.75) is 55.1 Å². The number of rotatable bonds is 12. The van der Waals surface area contributed by atoms with Gasteiger partial charge in [-0.1, -0.05) is 35.4 Å². The van der Waals surface area contributed by atoms with Crippen LogP contribution in [0, 0.1) is 13.8 Å². The lowest BCUT2D eigenvalue weighted by atomic mass is 10.2. The van der Waals surface area contributed by atoms with Crippen molar-refractivity contribution < 1.29 is 34.7 Å². The molecule has 3 rings (SSSR count). The lowest BCUT2D eigenvalue weighted by molar-refractivity contribution is -0.0658. The topological polar surface area (TPSA) is 105 Å². The molecule has 0 saturated heterocycles. The fraction of sp³-hybridized carbons (Fsp3) is 0.478. The first kappa shape index (κ1) is 25.8. The summed E-state index contributed by atoms with van der Waals surface area (Å²) in [4.78, 5) is 0.214. The van der Waals surface area contributed by atoms with Gasteiger partial charge in [-0.2, -0.15) is 16.8 Å². The van der Waals surface area contributed by atoms with E-state index in [0.29, 0.717) is 0 Å². The highest BCUT2D eigenvalue weighted by Crippen LogP contribution is 2.25. The summed E-state index contributed by atoms with van der Waals surface area (Å²) in [6.07, 6.45) is 2.05. The molecule has 8 nitrogen and oxygen atoms in total. The minimum atomic E-state index is -3.83. The summed E-state index contributed by atoms with van der Waals surface area (Å²) in [5.41, 5.74) is 1.92. The van der Waals surface area contributed by atoms with Gasteiger partial charge in [-0.15, -0.1) is 0 Å². The third kappa shape index (κ3) is 7.59. The van der Waals surface area contributed by atoms with E-state index >= 15 is 0 Å². The molecule has 1 saturated carbocycles. The van der Waals surface area contributed by atoms with Crippen LogP contribution in [-0.2, 0) is 38.1 Å². The van der Waals surface area contributed by atoms with Crippen LogP contribution in [0.2, 0.25) is 0 Å². The van der Waals surface area contributed by atoms with Crippen molar-refractivity contribution >= 4 is 20.2 Å². The van der Waals surface area contributed by atoms with E-state index in [9.17, 15) is 16.8 Å². The van der Waals surface area contributed by atoms with Gasteiger partial charge in [0.05, 0.1) is 48.4 Å². The molecule has 2 aromatic rings. The zero-order chi connectivity index (χ0) is 23.9. The predicted molar refractivity (Wildman–Crippen MR) is 122 cm³/mol. The molecule has 0 heterocycles. The Morgan fingerprint density at radius 3 is 1.36 bits per heavy atom. The van der Waals surface area contributed by atoms with Gasteiger partial charge in [0.1, 0.15) is 0 Å². The minimum absolute atomic E-state index is 0.0999. The summed E-state index contributed by atoms with van der Waals surface area (Å²) >= 11 is 0. The highest BCUT2D eigenvalue weighted by Gasteiger charge is 2.29. The van der Waals surface area contributed by atoms with Crippen LogP contribution in [-0.4, -0.2) is 55.5 Å². The molecule has 2 atom stereocenters. The molecule has 0 spiro atoms. The molecule has 10 heteroatoms. The maximum Gasteiger partial charge on any atom is 0.297 e. The average molecular weight is 499 g/mol. The Hall–Kier alpha value is -1.82. The van der Waals surface area contributed by atoms with E-state index in [4.69, 9.17) is 17.8 Å². The van der Waals surface area contributed by atoms with Gasteiger partial charge in [-0.3, -0.25) is 8.37 Å². The molecule has 1 aliphatic carbocycles. The molecule has 2 aromatic carbocycles. The minimum Gasteiger partial charge on any atom is -0.373 e. The molecule has 0 bridgehead atoms. The van der Waals surface area contributed by atoms with Gasteiger partial charge in [0.25, 0.3) is 20.2 Å². The number of hydrogen-bond acceptors (Lipinski definition) is 8. The predicted octanol–water partition coefficient (Wildman–Crippen LogP) is 3.37. The quantitative estimate of drug-likeness (QED) is 0.324. The maximum absolute atomic E-state index is 12.2. The summed E-state index contributed by atoms with van der Waals surface area (Å²) in [6.45, 7) is 3.76. The Balaban J connectivity index is 1.37. The third-order valence-corrected chi connectivity index (χ3v) is 7.97. The Labute approximate surface area is 196 Å². The first-order chi connectivity index (χ1) is 15.7. The molecule has 0 radical (unpaired) electrons. The molecule has 0 N–H and O–H groups in total. The molecular weight excluding hydrogens is 468 g/mol. The average Bonchev–Trinajstić information content (AvgIpc) is 3.22. The van der Waals surface area contributed by atoms with Gasteiger partial charge in [0, 0.05) is 0 Å². The van der Waals surface area contributed by atoms with Gasteiger partial charge < -0.3 is 9.47 Å². The van der Waals surface area contributed by atoms with Crippen LogP contribution in [0.3, 0.4) is 0 Å². The zero-order valence-corrected chi connectivity index (χ0v) is 20.4. The second-order valence-electron chi connectivity index (χ2n) is 7.93. The van der Waals surface area contributed by atoms with Crippen molar-refractivity contribution in [3.8, 4) is 0 Å².